The smallest absolute Gasteiger partial charge is 0.150 e. The number of carbonyl (C=O) groups is 1. The van der Waals surface area contributed by atoms with Gasteiger partial charge in [-0.25, -0.2) is 0 Å². The predicted molar refractivity (Wildman–Crippen MR) is 67.6 cm³/mol. The van der Waals surface area contributed by atoms with Gasteiger partial charge < -0.3 is 24.8 Å². The number of methoxy groups -OCH3 is 2. The van der Waals surface area contributed by atoms with Gasteiger partial charge in [-0.1, -0.05) is 0 Å². The lowest BCUT2D eigenvalue weighted by molar-refractivity contribution is 0.00181. The maximum atomic E-state index is 10.8. The number of hydrogen-bond acceptors (Lipinski definition) is 6. The molecule has 106 valence electrons. The summed E-state index contributed by atoms with van der Waals surface area (Å²) in [4.78, 5) is 10.8. The third-order valence-electron chi connectivity index (χ3n) is 2.79. The number of aldehydes is 1. The minimum absolute atomic E-state index is 0.0168. The molecule has 2 unspecified atom stereocenters. The van der Waals surface area contributed by atoms with Crippen molar-refractivity contribution < 1.29 is 29.6 Å². The zero-order valence-electron chi connectivity index (χ0n) is 10.9. The fraction of sp³-hybridized carbons (Fsp3) is 0.462. The topological polar surface area (TPSA) is 96.2 Å². The quantitative estimate of drug-likeness (QED) is 0.616. The van der Waals surface area contributed by atoms with E-state index >= 15 is 0 Å². The summed E-state index contributed by atoms with van der Waals surface area (Å²) >= 11 is 0. The van der Waals surface area contributed by atoms with E-state index in [0.29, 0.717) is 11.8 Å². The van der Waals surface area contributed by atoms with Crippen molar-refractivity contribution in [1.29, 1.82) is 0 Å². The average molecular weight is 270 g/mol. The van der Waals surface area contributed by atoms with Gasteiger partial charge in [-0.15, -0.1) is 0 Å². The van der Waals surface area contributed by atoms with Crippen molar-refractivity contribution in [3.63, 3.8) is 0 Å². The van der Waals surface area contributed by atoms with Crippen LogP contribution in [0.4, 0.5) is 0 Å². The van der Waals surface area contributed by atoms with Crippen molar-refractivity contribution in [2.24, 2.45) is 0 Å². The van der Waals surface area contributed by atoms with E-state index in [4.69, 9.17) is 14.6 Å². The summed E-state index contributed by atoms with van der Waals surface area (Å²) in [5.41, 5.74) is 0.581. The van der Waals surface area contributed by atoms with Crippen LogP contribution in [0.15, 0.2) is 12.1 Å². The van der Waals surface area contributed by atoms with Crippen LogP contribution in [0.2, 0.25) is 0 Å². The molecular weight excluding hydrogens is 252 g/mol. The first-order valence-corrected chi connectivity index (χ1v) is 5.77. The van der Waals surface area contributed by atoms with Gasteiger partial charge in [-0.2, -0.15) is 0 Å². The molecule has 1 rings (SSSR count). The lowest BCUT2D eigenvalue weighted by atomic mass is 9.98. The molecule has 0 heterocycles. The number of ether oxygens (including phenoxy) is 2. The number of hydrogen-bond donors (Lipinski definition) is 3. The molecule has 0 aliphatic heterocycles. The first-order chi connectivity index (χ1) is 9.08. The van der Waals surface area contributed by atoms with Gasteiger partial charge in [0.25, 0.3) is 0 Å². The molecule has 0 spiro atoms. The van der Waals surface area contributed by atoms with Gasteiger partial charge in [0.05, 0.1) is 25.9 Å². The predicted octanol–water partition coefficient (Wildman–Crippen LogP) is 0.293. The highest BCUT2D eigenvalue weighted by molar-refractivity contribution is 5.77. The van der Waals surface area contributed by atoms with E-state index in [-0.39, 0.29) is 30.1 Å². The summed E-state index contributed by atoms with van der Waals surface area (Å²) in [6, 6.07) is 2.89. The number of carbonyl (C=O) groups excluding carboxylic acids is 1. The molecule has 6 heteroatoms. The van der Waals surface area contributed by atoms with Crippen LogP contribution in [-0.2, 0) is 0 Å². The average Bonchev–Trinajstić information content (AvgIpc) is 2.44. The second-order valence-electron chi connectivity index (χ2n) is 3.98. The Kier molecular flexibility index (Phi) is 5.75. The molecule has 0 aromatic heterocycles. The standard InChI is InChI=1S/C13H18O6/c1-18-10-5-8(7-15)6-11(19-2)12(10)13(17)9(16)3-4-14/h5-7,9,13-14,16-17H,3-4H2,1-2H3. The summed E-state index contributed by atoms with van der Waals surface area (Å²) in [6.45, 7) is -0.255. The second kappa shape index (κ2) is 7.08. The third kappa shape index (κ3) is 3.44. The zero-order valence-corrected chi connectivity index (χ0v) is 10.9. The van der Waals surface area contributed by atoms with Crippen LogP contribution in [0.1, 0.15) is 28.4 Å². The van der Waals surface area contributed by atoms with Gasteiger partial charge in [0.15, 0.2) is 0 Å². The largest absolute Gasteiger partial charge is 0.496 e. The Morgan fingerprint density at radius 2 is 1.74 bits per heavy atom. The highest BCUT2D eigenvalue weighted by atomic mass is 16.5. The normalized spacial score (nSPS) is 13.7. The Morgan fingerprint density at radius 3 is 2.11 bits per heavy atom. The maximum Gasteiger partial charge on any atom is 0.150 e. The van der Waals surface area contributed by atoms with Crippen LogP contribution < -0.4 is 9.47 Å². The Hall–Kier alpha value is -1.63. The van der Waals surface area contributed by atoms with Crippen molar-refractivity contribution in [1.82, 2.24) is 0 Å². The summed E-state index contributed by atoms with van der Waals surface area (Å²) in [5, 5.41) is 28.6. The Morgan fingerprint density at radius 1 is 1.21 bits per heavy atom. The van der Waals surface area contributed by atoms with E-state index in [1.807, 2.05) is 0 Å². The van der Waals surface area contributed by atoms with Gasteiger partial charge in [0.1, 0.15) is 23.9 Å². The van der Waals surface area contributed by atoms with Crippen molar-refractivity contribution in [2.75, 3.05) is 20.8 Å². The monoisotopic (exact) mass is 270 g/mol. The summed E-state index contributed by atoms with van der Waals surface area (Å²) in [5.74, 6) is 0.483. The van der Waals surface area contributed by atoms with Crippen LogP contribution in [0.3, 0.4) is 0 Å². The van der Waals surface area contributed by atoms with Crippen molar-refractivity contribution in [3.05, 3.63) is 23.3 Å². The van der Waals surface area contributed by atoms with Crippen molar-refractivity contribution in [2.45, 2.75) is 18.6 Å². The molecule has 1 aromatic rings. The van der Waals surface area contributed by atoms with Gasteiger partial charge in [0, 0.05) is 12.2 Å². The number of benzene rings is 1. The second-order valence-corrected chi connectivity index (χ2v) is 3.98. The molecule has 0 saturated heterocycles. The van der Waals surface area contributed by atoms with E-state index in [1.165, 1.54) is 26.4 Å². The van der Waals surface area contributed by atoms with Crippen molar-refractivity contribution in [3.8, 4) is 11.5 Å². The highest BCUT2D eigenvalue weighted by Crippen LogP contribution is 2.37. The molecule has 0 amide bonds. The lowest BCUT2D eigenvalue weighted by Gasteiger charge is -2.22. The van der Waals surface area contributed by atoms with Gasteiger partial charge in [-0.3, -0.25) is 4.79 Å². The number of rotatable bonds is 7. The van der Waals surface area contributed by atoms with E-state index in [1.54, 1.807) is 0 Å². The molecule has 1 aromatic carbocycles. The fourth-order valence-corrected chi connectivity index (χ4v) is 1.80. The van der Waals surface area contributed by atoms with Crippen molar-refractivity contribution >= 4 is 6.29 Å². The SMILES string of the molecule is COc1cc(C=O)cc(OC)c1C(O)C(O)CCO. The molecule has 0 saturated carbocycles. The van der Waals surface area contributed by atoms with Gasteiger partial charge in [-0.05, 0) is 18.6 Å². The molecule has 2 atom stereocenters. The molecule has 6 nitrogen and oxygen atoms in total. The van der Waals surface area contributed by atoms with Crippen LogP contribution in [0.25, 0.3) is 0 Å². The van der Waals surface area contributed by atoms with Crippen LogP contribution in [0.5, 0.6) is 11.5 Å². The van der Waals surface area contributed by atoms with Crippen LogP contribution >= 0.6 is 0 Å². The molecular formula is C13H18O6. The summed E-state index contributed by atoms with van der Waals surface area (Å²) in [7, 11) is 2.77. The van der Waals surface area contributed by atoms with Gasteiger partial charge >= 0.3 is 0 Å². The molecule has 0 radical (unpaired) electrons. The minimum Gasteiger partial charge on any atom is -0.496 e. The molecule has 0 bridgehead atoms. The summed E-state index contributed by atoms with van der Waals surface area (Å²) < 4.78 is 10.2. The number of aliphatic hydroxyl groups excluding tert-OH is 3. The fourth-order valence-electron chi connectivity index (χ4n) is 1.80. The Balaban J connectivity index is 3.26. The molecule has 0 aliphatic carbocycles. The first kappa shape index (κ1) is 15.4. The van der Waals surface area contributed by atoms with Crippen LogP contribution in [0, 0.1) is 0 Å². The highest BCUT2D eigenvalue weighted by Gasteiger charge is 2.26. The minimum atomic E-state index is -1.28. The number of aliphatic hydroxyl groups is 3. The molecule has 0 fully saturated rings. The van der Waals surface area contributed by atoms with E-state index in [2.05, 4.69) is 0 Å². The third-order valence-corrected chi connectivity index (χ3v) is 2.79. The lowest BCUT2D eigenvalue weighted by Crippen LogP contribution is -2.21. The zero-order chi connectivity index (χ0) is 14.4. The van der Waals surface area contributed by atoms with Crippen LogP contribution in [-0.4, -0.2) is 48.5 Å². The molecule has 0 aliphatic rings. The maximum absolute atomic E-state index is 10.8. The molecule has 19 heavy (non-hydrogen) atoms. The molecule has 3 N–H and O–H groups in total. The van der Waals surface area contributed by atoms with E-state index < -0.39 is 12.2 Å². The summed E-state index contributed by atoms with van der Waals surface area (Å²) in [6.07, 6.45) is -1.79. The first-order valence-electron chi connectivity index (χ1n) is 5.77. The van der Waals surface area contributed by atoms with E-state index in [0.717, 1.165) is 0 Å². The van der Waals surface area contributed by atoms with Gasteiger partial charge in [0.2, 0.25) is 0 Å². The Bertz CT molecular complexity index is 406. The van der Waals surface area contributed by atoms with E-state index in [9.17, 15) is 15.0 Å². The Labute approximate surface area is 111 Å².